The lowest BCUT2D eigenvalue weighted by atomic mass is 9.80. The lowest BCUT2D eigenvalue weighted by Gasteiger charge is -2.40. The minimum absolute atomic E-state index is 0.274. The van der Waals surface area contributed by atoms with Crippen molar-refractivity contribution in [1.82, 2.24) is 0 Å². The number of carbonyl (C=O) groups is 3. The van der Waals surface area contributed by atoms with Gasteiger partial charge in [-0.3, -0.25) is 0 Å². The molecule has 0 heterocycles. The van der Waals surface area contributed by atoms with E-state index >= 15 is 0 Å². The van der Waals surface area contributed by atoms with Gasteiger partial charge in [0.25, 0.3) is 0 Å². The molecule has 296 valence electrons. The van der Waals surface area contributed by atoms with Crippen molar-refractivity contribution in [3.63, 3.8) is 0 Å². The molecule has 0 saturated heterocycles. The van der Waals surface area contributed by atoms with Gasteiger partial charge < -0.3 is 18.9 Å². The first-order chi connectivity index (χ1) is 28.4. The molecule has 6 aromatic carbocycles. The number of hydrogen-bond donors (Lipinski definition) is 0. The second-order valence-corrected chi connectivity index (χ2v) is 16.3. The van der Waals surface area contributed by atoms with Crippen molar-refractivity contribution >= 4 is 41.4 Å². The summed E-state index contributed by atoms with van der Waals surface area (Å²) in [6, 6.07) is 55.3. The van der Waals surface area contributed by atoms with Gasteiger partial charge in [-0.15, -0.1) is 23.5 Å². The molecule has 7 nitrogen and oxygen atoms in total. The summed E-state index contributed by atoms with van der Waals surface area (Å²) in [5.74, 6) is -0.600. The minimum atomic E-state index is -1.34. The number of benzene rings is 6. The van der Waals surface area contributed by atoms with Crippen molar-refractivity contribution < 1.29 is 33.3 Å². The van der Waals surface area contributed by atoms with Crippen LogP contribution < -0.4 is 0 Å². The fourth-order valence-electron chi connectivity index (χ4n) is 6.68. The van der Waals surface area contributed by atoms with Gasteiger partial charge in [0.2, 0.25) is 0 Å². The van der Waals surface area contributed by atoms with Crippen LogP contribution in [0.4, 0.5) is 0 Å². The Morgan fingerprint density at radius 1 is 0.448 bits per heavy atom. The van der Waals surface area contributed by atoms with E-state index in [0.717, 1.165) is 16.7 Å². The van der Waals surface area contributed by atoms with E-state index in [0.29, 0.717) is 22.6 Å². The molecule has 0 saturated carbocycles. The van der Waals surface area contributed by atoms with Crippen LogP contribution in [-0.4, -0.2) is 58.9 Å². The van der Waals surface area contributed by atoms with E-state index in [9.17, 15) is 14.4 Å². The molecule has 0 spiro atoms. The van der Waals surface area contributed by atoms with Gasteiger partial charge in [0.1, 0.15) is 5.60 Å². The zero-order valence-corrected chi connectivity index (χ0v) is 34.1. The predicted octanol–water partition coefficient (Wildman–Crippen LogP) is 10.5. The van der Waals surface area contributed by atoms with Crippen molar-refractivity contribution in [2.24, 2.45) is 0 Å². The minimum Gasteiger partial charge on any atom is -0.453 e. The van der Waals surface area contributed by atoms with Gasteiger partial charge in [0.15, 0.2) is 18.3 Å². The molecule has 0 aliphatic rings. The fraction of sp³-hybridized carbons (Fsp3) is 0.204. The second-order valence-electron chi connectivity index (χ2n) is 13.2. The first-order valence-electron chi connectivity index (χ1n) is 19.3. The van der Waals surface area contributed by atoms with Crippen molar-refractivity contribution in [3.05, 3.63) is 215 Å². The summed E-state index contributed by atoms with van der Waals surface area (Å²) in [6.07, 6.45) is -3.73. The smallest absolute Gasteiger partial charge is 0.338 e. The van der Waals surface area contributed by atoms with E-state index in [2.05, 4.69) is 0 Å². The summed E-state index contributed by atoms with van der Waals surface area (Å²) in [7, 11) is 0. The number of ether oxygens (including phenoxy) is 4. The molecule has 0 amide bonds. The van der Waals surface area contributed by atoms with Crippen LogP contribution in [0.25, 0.3) is 0 Å². The lowest BCUT2D eigenvalue weighted by Crippen LogP contribution is -2.52. The van der Waals surface area contributed by atoms with Crippen molar-refractivity contribution in [3.8, 4) is 0 Å². The van der Waals surface area contributed by atoms with E-state index in [1.165, 1.54) is 0 Å². The van der Waals surface area contributed by atoms with Crippen LogP contribution in [0.3, 0.4) is 0 Å². The number of hydrogen-bond acceptors (Lipinski definition) is 9. The molecule has 58 heavy (non-hydrogen) atoms. The Labute approximate surface area is 349 Å². The van der Waals surface area contributed by atoms with Crippen LogP contribution in [0.1, 0.15) is 61.6 Å². The molecular weight excluding hydrogens is 765 g/mol. The molecule has 3 atom stereocenters. The maximum atomic E-state index is 14.2. The standard InChI is InChI=1S/C49H46O7S2/c1-3-57-48(58-4-2)44(56-47(52)38-27-15-7-16-28-38)43(55-46(51)37-25-13-6-14-26-37)42(54-45(50)36-23-11-5-12-24-36)35-53-49(39-29-17-8-18-30-39,40-31-19-9-20-32-40)41-33-21-10-22-34-41/h5-34,42-44,48H,3-4,35H2,1-2H3/t42-,43+,44+/m1/s1. The Balaban J connectivity index is 1.53. The molecule has 0 N–H and O–H groups in total. The molecule has 9 heteroatoms. The van der Waals surface area contributed by atoms with Gasteiger partial charge in [0, 0.05) is 0 Å². The van der Waals surface area contributed by atoms with Gasteiger partial charge in [-0.05, 0) is 64.6 Å². The lowest BCUT2D eigenvalue weighted by molar-refractivity contribution is -0.120. The average Bonchev–Trinajstić information content (AvgIpc) is 3.29. The third-order valence-corrected chi connectivity index (χ3v) is 12.1. The van der Waals surface area contributed by atoms with E-state index < -0.39 is 46.4 Å². The number of thioether (sulfide) groups is 2. The largest absolute Gasteiger partial charge is 0.453 e. The third-order valence-electron chi connectivity index (χ3n) is 9.40. The van der Waals surface area contributed by atoms with Gasteiger partial charge >= 0.3 is 17.9 Å². The van der Waals surface area contributed by atoms with Crippen LogP contribution in [0.15, 0.2) is 182 Å². The van der Waals surface area contributed by atoms with Gasteiger partial charge in [0.05, 0.1) is 27.9 Å². The number of esters is 3. The molecule has 0 aromatic heterocycles. The van der Waals surface area contributed by atoms with Crippen LogP contribution in [0.5, 0.6) is 0 Å². The second kappa shape index (κ2) is 21.2. The van der Waals surface area contributed by atoms with Gasteiger partial charge in [-0.1, -0.05) is 159 Å². The first-order valence-corrected chi connectivity index (χ1v) is 21.4. The SMILES string of the molecule is CCSC(SCC)[C@@H](OC(=O)c1ccccc1)[C@@H](OC(=O)c1ccccc1)[C@@H](COC(c1ccccc1)(c1ccccc1)c1ccccc1)OC(=O)c1ccccc1. The maximum absolute atomic E-state index is 14.2. The summed E-state index contributed by atoms with van der Waals surface area (Å²) in [5, 5.41) is 0. The molecule has 6 aromatic rings. The zero-order valence-electron chi connectivity index (χ0n) is 32.4. The highest BCUT2D eigenvalue weighted by molar-refractivity contribution is 8.17. The van der Waals surface area contributed by atoms with Crippen molar-refractivity contribution in [2.45, 2.75) is 42.3 Å². The summed E-state index contributed by atoms with van der Waals surface area (Å²) in [6.45, 7) is 3.75. The Bertz CT molecular complexity index is 2050. The van der Waals surface area contributed by atoms with Crippen molar-refractivity contribution in [2.75, 3.05) is 18.1 Å². The molecular formula is C49H46O7S2. The average molecular weight is 811 g/mol. The van der Waals surface area contributed by atoms with Crippen LogP contribution in [-0.2, 0) is 24.5 Å². The molecule has 0 radical (unpaired) electrons. The number of rotatable bonds is 19. The van der Waals surface area contributed by atoms with Gasteiger partial charge in [-0.25, -0.2) is 14.4 Å². The Morgan fingerprint density at radius 2 is 0.759 bits per heavy atom. The van der Waals surface area contributed by atoms with Crippen LogP contribution in [0, 0.1) is 0 Å². The predicted molar refractivity (Wildman–Crippen MR) is 232 cm³/mol. The Morgan fingerprint density at radius 3 is 1.10 bits per heavy atom. The summed E-state index contributed by atoms with van der Waals surface area (Å²) < 4.78 is 26.2. The normalized spacial score (nSPS) is 12.9. The highest BCUT2D eigenvalue weighted by Gasteiger charge is 2.46. The Kier molecular flexibility index (Phi) is 15.4. The van der Waals surface area contributed by atoms with E-state index in [1.807, 2.05) is 117 Å². The monoisotopic (exact) mass is 810 g/mol. The van der Waals surface area contributed by atoms with E-state index in [1.54, 1.807) is 102 Å². The molecule has 0 aliphatic carbocycles. The molecule has 0 aliphatic heterocycles. The topological polar surface area (TPSA) is 88.1 Å². The fourth-order valence-corrected chi connectivity index (χ4v) is 9.34. The van der Waals surface area contributed by atoms with Crippen molar-refractivity contribution in [1.29, 1.82) is 0 Å². The highest BCUT2D eigenvalue weighted by atomic mass is 32.2. The van der Waals surface area contributed by atoms with Crippen LogP contribution >= 0.6 is 23.5 Å². The van der Waals surface area contributed by atoms with E-state index in [-0.39, 0.29) is 12.2 Å². The maximum Gasteiger partial charge on any atom is 0.338 e. The summed E-state index contributed by atoms with van der Waals surface area (Å²) in [5.41, 5.74) is 2.16. The molecule has 6 rings (SSSR count). The van der Waals surface area contributed by atoms with Crippen LogP contribution in [0.2, 0.25) is 0 Å². The highest BCUT2D eigenvalue weighted by Crippen LogP contribution is 2.41. The summed E-state index contributed by atoms with van der Waals surface area (Å²) in [4.78, 5) is 42.5. The Hall–Kier alpha value is -5.61. The molecule has 0 bridgehead atoms. The zero-order chi connectivity index (χ0) is 40.6. The quantitative estimate of drug-likeness (QED) is 0.0343. The first kappa shape index (κ1) is 42.0. The van der Waals surface area contributed by atoms with E-state index in [4.69, 9.17) is 18.9 Å². The molecule has 0 unspecified atom stereocenters. The third kappa shape index (κ3) is 10.5. The molecule has 0 fully saturated rings. The van der Waals surface area contributed by atoms with Gasteiger partial charge in [-0.2, -0.15) is 0 Å². The summed E-state index contributed by atoms with van der Waals surface area (Å²) >= 11 is 3.12. The number of carbonyl (C=O) groups excluding carboxylic acids is 3.